The summed E-state index contributed by atoms with van der Waals surface area (Å²) in [6, 6.07) is 22.2. The van der Waals surface area contributed by atoms with Crippen LogP contribution in [0.1, 0.15) is 16.7 Å². The van der Waals surface area contributed by atoms with Gasteiger partial charge >= 0.3 is 10.4 Å². The number of aromatic hydroxyl groups is 1. The molecule has 0 spiro atoms. The molecule has 9 nitrogen and oxygen atoms in total. The molecule has 0 aromatic heterocycles. The molecule has 1 fully saturated rings. The first-order chi connectivity index (χ1) is 17.2. The minimum atomic E-state index is -4.60. The minimum absolute atomic E-state index is 0.0239. The number of hydrogen-bond donors (Lipinski definition) is 3. The van der Waals surface area contributed by atoms with Crippen LogP contribution in [0, 0.1) is 0 Å². The molecule has 2 aliphatic heterocycles. The molecule has 1 atom stereocenters. The van der Waals surface area contributed by atoms with E-state index in [4.69, 9.17) is 9.55 Å². The van der Waals surface area contributed by atoms with E-state index in [1.807, 2.05) is 30.3 Å². The van der Waals surface area contributed by atoms with Crippen LogP contribution in [0.4, 0.5) is 0 Å². The molecule has 0 bridgehead atoms. The summed E-state index contributed by atoms with van der Waals surface area (Å²) in [5.74, 6) is 0.703. The fraction of sp³-hybridized carbons (Fsp3) is 0.154. The van der Waals surface area contributed by atoms with Crippen molar-refractivity contribution in [1.29, 1.82) is 0 Å². The van der Waals surface area contributed by atoms with Gasteiger partial charge in [0, 0.05) is 12.8 Å². The molecule has 0 aliphatic carbocycles. The Morgan fingerprint density at radius 3 is 2.33 bits per heavy atom. The van der Waals surface area contributed by atoms with Crippen LogP contribution in [-0.2, 0) is 28.0 Å². The summed E-state index contributed by atoms with van der Waals surface area (Å²) in [4.78, 5) is 20.0. The third-order valence-electron chi connectivity index (χ3n) is 5.98. The van der Waals surface area contributed by atoms with E-state index >= 15 is 0 Å². The maximum Gasteiger partial charge on any atom is 0.446 e. The topological polar surface area (TPSA) is 129 Å². The van der Waals surface area contributed by atoms with Crippen molar-refractivity contribution in [3.63, 3.8) is 0 Å². The number of fused-ring (bicyclic) bond motifs is 1. The predicted octanol–water partition coefficient (Wildman–Crippen LogP) is 2.83. The second-order valence-electron chi connectivity index (χ2n) is 8.54. The monoisotopic (exact) mass is 505 g/mol. The van der Waals surface area contributed by atoms with Crippen LogP contribution in [0.15, 0.2) is 95.4 Å². The molecule has 0 saturated carbocycles. The second-order valence-corrected chi connectivity index (χ2v) is 9.57. The van der Waals surface area contributed by atoms with E-state index in [0.29, 0.717) is 25.2 Å². The van der Waals surface area contributed by atoms with Gasteiger partial charge in [-0.05, 0) is 53.1 Å². The average Bonchev–Trinajstić information content (AvgIpc) is 3.16. The normalized spacial score (nSPS) is 17.5. The van der Waals surface area contributed by atoms with Crippen molar-refractivity contribution in [3.8, 4) is 11.5 Å². The summed E-state index contributed by atoms with van der Waals surface area (Å²) in [6.07, 6.45) is 0.890. The summed E-state index contributed by atoms with van der Waals surface area (Å²) in [7, 11) is -4.60. The zero-order valence-electron chi connectivity index (χ0n) is 19.0. The molecule has 1 unspecified atom stereocenters. The van der Waals surface area contributed by atoms with Gasteiger partial charge in [0.25, 0.3) is 5.91 Å². The molecule has 3 aromatic carbocycles. The first-order valence-electron chi connectivity index (χ1n) is 11.2. The van der Waals surface area contributed by atoms with E-state index < -0.39 is 16.4 Å². The Labute approximate surface area is 208 Å². The fourth-order valence-electron chi connectivity index (χ4n) is 4.30. The molecule has 36 heavy (non-hydrogen) atoms. The number of allylic oxidation sites excluding steroid dienone is 1. The Kier molecular flexibility index (Phi) is 6.21. The van der Waals surface area contributed by atoms with Gasteiger partial charge in [-0.25, -0.2) is 0 Å². The fourth-order valence-corrected chi connectivity index (χ4v) is 4.65. The van der Waals surface area contributed by atoms with Crippen molar-refractivity contribution in [3.05, 3.63) is 107 Å². The van der Waals surface area contributed by atoms with Crippen molar-refractivity contribution >= 4 is 22.0 Å². The van der Waals surface area contributed by atoms with Crippen LogP contribution in [-0.4, -0.2) is 47.2 Å². The summed E-state index contributed by atoms with van der Waals surface area (Å²) in [5, 5.41) is 13.0. The number of carbonyl (C=O) groups excluding carboxylic acids is 1. The molecule has 10 heteroatoms. The van der Waals surface area contributed by atoms with Crippen molar-refractivity contribution in [1.82, 2.24) is 10.2 Å². The Balaban J connectivity index is 1.41. The van der Waals surface area contributed by atoms with E-state index in [1.165, 1.54) is 12.1 Å². The molecule has 2 heterocycles. The minimum Gasteiger partial charge on any atom is -0.508 e. The highest BCUT2D eigenvalue weighted by molar-refractivity contribution is 7.81. The van der Waals surface area contributed by atoms with Crippen LogP contribution in [0.5, 0.6) is 11.5 Å². The summed E-state index contributed by atoms with van der Waals surface area (Å²) < 4.78 is 35.1. The largest absolute Gasteiger partial charge is 0.508 e. The van der Waals surface area contributed by atoms with Gasteiger partial charge in [0.05, 0.1) is 18.0 Å². The first kappa shape index (κ1) is 23.6. The second kappa shape index (κ2) is 9.48. The van der Waals surface area contributed by atoms with Crippen LogP contribution >= 0.6 is 0 Å². The number of hydrogen-bond acceptors (Lipinski definition) is 7. The quantitative estimate of drug-likeness (QED) is 0.421. The van der Waals surface area contributed by atoms with Gasteiger partial charge < -0.3 is 14.6 Å². The molecule has 1 amide bonds. The van der Waals surface area contributed by atoms with Crippen molar-refractivity contribution in [2.24, 2.45) is 4.99 Å². The number of phenolic OH excluding ortho intramolecular Hbond substituents is 1. The van der Waals surface area contributed by atoms with E-state index in [2.05, 4.69) is 9.50 Å². The van der Waals surface area contributed by atoms with Gasteiger partial charge in [-0.1, -0.05) is 42.5 Å². The maximum absolute atomic E-state index is 13.4. The van der Waals surface area contributed by atoms with Gasteiger partial charge in [0.1, 0.15) is 23.4 Å². The van der Waals surface area contributed by atoms with Crippen LogP contribution in [0.2, 0.25) is 0 Å². The summed E-state index contributed by atoms with van der Waals surface area (Å²) in [5.41, 5.74) is 4.13. The Hall–Kier alpha value is -4.15. The summed E-state index contributed by atoms with van der Waals surface area (Å²) in [6.45, 7) is 0.294. The summed E-state index contributed by atoms with van der Waals surface area (Å²) >= 11 is 0. The van der Waals surface area contributed by atoms with E-state index in [-0.39, 0.29) is 17.4 Å². The molecule has 1 saturated heterocycles. The van der Waals surface area contributed by atoms with E-state index in [0.717, 1.165) is 28.1 Å². The van der Waals surface area contributed by atoms with E-state index in [9.17, 15) is 18.3 Å². The number of carbonyl (C=O) groups is 1. The molecule has 2 aliphatic rings. The smallest absolute Gasteiger partial charge is 0.446 e. The highest BCUT2D eigenvalue weighted by atomic mass is 32.3. The maximum atomic E-state index is 13.4. The number of amides is 1. The zero-order chi connectivity index (χ0) is 25.3. The average molecular weight is 506 g/mol. The van der Waals surface area contributed by atoms with Crippen molar-refractivity contribution in [2.75, 3.05) is 6.54 Å². The molecular weight excluding hydrogens is 482 g/mol. The highest BCUT2D eigenvalue weighted by Crippen LogP contribution is 2.28. The Morgan fingerprint density at radius 1 is 0.972 bits per heavy atom. The number of aliphatic imine (C=N–C) groups is 1. The SMILES string of the molecule is O=C1C(Cc2ccc(OS(=O)(=O)O)cc2)NC2=C(Cc3ccccc3)N=C(c3ccc(O)cc3)CN12. The lowest BCUT2D eigenvalue weighted by Crippen LogP contribution is -2.36. The lowest BCUT2D eigenvalue weighted by molar-refractivity contribution is -0.127. The molecular formula is C26H23N3O6S. The van der Waals surface area contributed by atoms with Crippen LogP contribution < -0.4 is 9.50 Å². The molecule has 0 radical (unpaired) electrons. The van der Waals surface area contributed by atoms with Gasteiger partial charge in [0.2, 0.25) is 0 Å². The van der Waals surface area contributed by atoms with Gasteiger partial charge in [0.15, 0.2) is 0 Å². The van der Waals surface area contributed by atoms with Crippen molar-refractivity contribution in [2.45, 2.75) is 18.9 Å². The first-order valence-corrected chi connectivity index (χ1v) is 12.6. The molecule has 5 rings (SSSR count). The highest BCUT2D eigenvalue weighted by Gasteiger charge is 2.39. The lowest BCUT2D eigenvalue weighted by atomic mass is 10.0. The Morgan fingerprint density at radius 2 is 1.67 bits per heavy atom. The number of nitrogens with zero attached hydrogens (tertiary/aromatic N) is 2. The molecule has 3 aromatic rings. The molecule has 184 valence electrons. The molecule has 3 N–H and O–H groups in total. The Bertz CT molecular complexity index is 1450. The van der Waals surface area contributed by atoms with Crippen LogP contribution in [0.3, 0.4) is 0 Å². The van der Waals surface area contributed by atoms with Gasteiger partial charge in [-0.3, -0.25) is 19.2 Å². The predicted molar refractivity (Wildman–Crippen MR) is 133 cm³/mol. The number of rotatable bonds is 7. The number of phenols is 1. The van der Waals surface area contributed by atoms with Gasteiger partial charge in [-0.15, -0.1) is 0 Å². The number of benzene rings is 3. The lowest BCUT2D eigenvalue weighted by Gasteiger charge is -2.25. The van der Waals surface area contributed by atoms with Crippen molar-refractivity contribution < 1.29 is 27.1 Å². The zero-order valence-corrected chi connectivity index (χ0v) is 19.9. The third kappa shape index (κ3) is 5.24. The van der Waals surface area contributed by atoms with E-state index in [1.54, 1.807) is 41.3 Å². The third-order valence-corrected chi connectivity index (χ3v) is 6.38. The number of nitrogens with one attached hydrogen (secondary N) is 1. The standard InChI is InChI=1S/C26H23N3O6S/c30-20-10-8-19(9-11-20)24-16-29-25(22(27-24)14-17-4-2-1-3-5-17)28-23(26(29)31)15-18-6-12-21(13-7-18)35-36(32,33)34/h1-13,23,28,30H,14-16H2,(H,32,33,34). The van der Waals surface area contributed by atoms with Crippen LogP contribution in [0.25, 0.3) is 0 Å². The van der Waals surface area contributed by atoms with Gasteiger partial charge in [-0.2, -0.15) is 8.42 Å².